The normalized spacial score (nSPS) is 16.0. The van der Waals surface area contributed by atoms with Crippen molar-refractivity contribution in [3.8, 4) is 0 Å². The Morgan fingerprint density at radius 2 is 1.64 bits per heavy atom. The number of carboxylic acids is 1. The van der Waals surface area contributed by atoms with E-state index >= 15 is 0 Å². The zero-order valence-electron chi connectivity index (χ0n) is 16.1. The van der Waals surface area contributed by atoms with Crippen LogP contribution >= 0.6 is 11.8 Å². The number of carbonyl (C=O) groups is 2. The number of thioether (sulfide) groups is 1. The minimum atomic E-state index is -0.775. The lowest BCUT2D eigenvalue weighted by Gasteiger charge is -2.39. The molecule has 1 atom stereocenters. The Bertz CT molecular complexity index is 804. The van der Waals surface area contributed by atoms with E-state index in [1.807, 2.05) is 53.6 Å². The summed E-state index contributed by atoms with van der Waals surface area (Å²) in [6.45, 7) is 2.79. The van der Waals surface area contributed by atoms with Gasteiger partial charge in [-0.25, -0.2) is 0 Å². The molecule has 3 rings (SSSR count). The molecule has 1 heterocycles. The van der Waals surface area contributed by atoms with E-state index < -0.39 is 5.97 Å². The Morgan fingerprint density at radius 1 is 1.00 bits per heavy atom. The number of piperazine rings is 1. The molecule has 2 aromatic rings. The number of aliphatic carboxylic acids is 1. The maximum atomic E-state index is 13.0. The lowest BCUT2D eigenvalue weighted by atomic mass is 9.99. The molecule has 1 aliphatic rings. The lowest BCUT2D eigenvalue weighted by Crippen LogP contribution is -2.49. The summed E-state index contributed by atoms with van der Waals surface area (Å²) in [6, 6.07) is 17.8. The second kappa shape index (κ2) is 9.75. The number of hydrogen-bond donors (Lipinski definition) is 1. The van der Waals surface area contributed by atoms with Crippen molar-refractivity contribution in [1.29, 1.82) is 0 Å². The van der Waals surface area contributed by atoms with E-state index in [0.717, 1.165) is 29.1 Å². The highest BCUT2D eigenvalue weighted by Gasteiger charge is 2.28. The van der Waals surface area contributed by atoms with Gasteiger partial charge in [-0.15, -0.1) is 11.8 Å². The van der Waals surface area contributed by atoms with Crippen molar-refractivity contribution in [2.75, 3.05) is 32.4 Å². The zero-order chi connectivity index (χ0) is 19.9. The summed E-state index contributed by atoms with van der Waals surface area (Å²) in [6.07, 6.45) is 2.69. The molecule has 5 nitrogen and oxygen atoms in total. The molecule has 1 N–H and O–H groups in total. The van der Waals surface area contributed by atoms with E-state index in [4.69, 9.17) is 5.11 Å². The average molecular weight is 399 g/mol. The van der Waals surface area contributed by atoms with Crippen LogP contribution in [0.25, 0.3) is 0 Å². The second-order valence-corrected chi connectivity index (χ2v) is 7.74. The molecule has 6 heteroatoms. The van der Waals surface area contributed by atoms with Gasteiger partial charge in [-0.05, 0) is 30.4 Å². The molecule has 0 spiro atoms. The van der Waals surface area contributed by atoms with E-state index in [1.54, 1.807) is 11.8 Å². The molecule has 1 aliphatic heterocycles. The molecule has 1 saturated heterocycles. The summed E-state index contributed by atoms with van der Waals surface area (Å²) in [7, 11) is 0. The quantitative estimate of drug-likeness (QED) is 0.720. The van der Waals surface area contributed by atoms with Gasteiger partial charge in [0.15, 0.2) is 0 Å². The van der Waals surface area contributed by atoms with Crippen LogP contribution in [0.3, 0.4) is 0 Å². The van der Waals surface area contributed by atoms with Crippen LogP contribution in [0, 0.1) is 0 Å². The molecule has 0 aromatic heterocycles. The number of rotatable bonds is 7. The van der Waals surface area contributed by atoms with Gasteiger partial charge in [-0.1, -0.05) is 42.5 Å². The number of hydrogen-bond acceptors (Lipinski definition) is 4. The summed E-state index contributed by atoms with van der Waals surface area (Å²) in [4.78, 5) is 29.3. The Morgan fingerprint density at radius 3 is 2.29 bits per heavy atom. The van der Waals surface area contributed by atoms with Crippen LogP contribution in [-0.4, -0.2) is 59.2 Å². The molecule has 1 amide bonds. The number of nitrogens with zero attached hydrogens (tertiary/aromatic N) is 2. The molecule has 0 bridgehead atoms. The fraction of sp³-hybridized carbons (Fsp3) is 0.364. The summed E-state index contributed by atoms with van der Waals surface area (Å²) in [5.41, 5.74) is 1.89. The van der Waals surface area contributed by atoms with Gasteiger partial charge in [0.2, 0.25) is 0 Å². The van der Waals surface area contributed by atoms with Crippen LogP contribution in [-0.2, 0) is 4.79 Å². The van der Waals surface area contributed by atoms with E-state index in [-0.39, 0.29) is 18.4 Å². The van der Waals surface area contributed by atoms with Gasteiger partial charge in [0.05, 0.1) is 5.56 Å². The van der Waals surface area contributed by atoms with Gasteiger partial charge in [0, 0.05) is 43.5 Å². The van der Waals surface area contributed by atoms with Gasteiger partial charge in [0.1, 0.15) is 0 Å². The molecule has 28 heavy (non-hydrogen) atoms. The first-order chi connectivity index (χ1) is 13.6. The van der Waals surface area contributed by atoms with Crippen molar-refractivity contribution < 1.29 is 14.7 Å². The first-order valence-corrected chi connectivity index (χ1v) is 10.8. The van der Waals surface area contributed by atoms with Crippen LogP contribution < -0.4 is 0 Å². The molecule has 0 saturated carbocycles. The monoisotopic (exact) mass is 398 g/mol. The summed E-state index contributed by atoms with van der Waals surface area (Å²) >= 11 is 1.59. The van der Waals surface area contributed by atoms with Gasteiger partial charge in [-0.3, -0.25) is 14.5 Å². The van der Waals surface area contributed by atoms with E-state index in [2.05, 4.69) is 17.0 Å². The molecular formula is C22H26N2O3S. The van der Waals surface area contributed by atoms with Crippen molar-refractivity contribution in [2.24, 2.45) is 0 Å². The zero-order valence-corrected chi connectivity index (χ0v) is 16.9. The summed E-state index contributed by atoms with van der Waals surface area (Å²) in [5, 5.41) is 9.12. The van der Waals surface area contributed by atoms with Crippen molar-refractivity contribution in [3.05, 3.63) is 65.7 Å². The summed E-state index contributed by atoms with van der Waals surface area (Å²) < 4.78 is 0. The van der Waals surface area contributed by atoms with E-state index in [9.17, 15) is 9.59 Å². The standard InChI is InChI=1S/C22H26N2O3S/c1-28-20-10-6-5-9-18(20)22(27)24-15-13-23(14-16-24)19(11-12-21(25)26)17-7-3-2-4-8-17/h2-10,19H,11-16H2,1H3,(H,25,26)/t19-/m0/s1. The van der Waals surface area contributed by atoms with E-state index in [1.165, 1.54) is 0 Å². The third kappa shape index (κ3) is 4.94. The van der Waals surface area contributed by atoms with Crippen molar-refractivity contribution in [2.45, 2.75) is 23.8 Å². The molecule has 148 valence electrons. The number of carbonyl (C=O) groups excluding carboxylic acids is 1. The molecule has 0 aliphatic carbocycles. The SMILES string of the molecule is CSc1ccccc1C(=O)N1CCN([C@@H](CCC(=O)O)c2ccccc2)CC1. The highest BCUT2D eigenvalue weighted by atomic mass is 32.2. The Kier molecular flexibility index (Phi) is 7.12. The van der Waals surface area contributed by atoms with E-state index in [0.29, 0.717) is 19.5 Å². The van der Waals surface area contributed by atoms with Gasteiger partial charge in [-0.2, -0.15) is 0 Å². The van der Waals surface area contributed by atoms with Crippen molar-refractivity contribution in [3.63, 3.8) is 0 Å². The smallest absolute Gasteiger partial charge is 0.303 e. The maximum absolute atomic E-state index is 13.0. The minimum Gasteiger partial charge on any atom is -0.481 e. The van der Waals surface area contributed by atoms with Crippen LogP contribution in [0.5, 0.6) is 0 Å². The molecule has 0 unspecified atom stereocenters. The Labute approximate surface area is 170 Å². The molecule has 2 aromatic carbocycles. The Balaban J connectivity index is 1.68. The highest BCUT2D eigenvalue weighted by molar-refractivity contribution is 7.98. The average Bonchev–Trinajstić information content (AvgIpc) is 2.74. The topological polar surface area (TPSA) is 60.9 Å². The first kappa shape index (κ1) is 20.4. The largest absolute Gasteiger partial charge is 0.481 e. The lowest BCUT2D eigenvalue weighted by molar-refractivity contribution is -0.137. The summed E-state index contributed by atoms with van der Waals surface area (Å²) in [5.74, 6) is -0.699. The first-order valence-electron chi connectivity index (χ1n) is 9.53. The second-order valence-electron chi connectivity index (χ2n) is 6.89. The number of benzene rings is 2. The predicted octanol–water partition coefficient (Wildman–Crippen LogP) is 3.77. The fourth-order valence-corrected chi connectivity index (χ4v) is 4.31. The van der Waals surface area contributed by atoms with Gasteiger partial charge >= 0.3 is 5.97 Å². The predicted molar refractivity (Wildman–Crippen MR) is 112 cm³/mol. The number of amides is 1. The van der Waals surface area contributed by atoms with Crippen LogP contribution in [0.2, 0.25) is 0 Å². The van der Waals surface area contributed by atoms with Crippen molar-refractivity contribution in [1.82, 2.24) is 9.80 Å². The van der Waals surface area contributed by atoms with Crippen LogP contribution in [0.1, 0.15) is 34.8 Å². The third-order valence-corrected chi connectivity index (χ3v) is 5.99. The maximum Gasteiger partial charge on any atom is 0.303 e. The fourth-order valence-electron chi connectivity index (χ4n) is 3.72. The van der Waals surface area contributed by atoms with Crippen molar-refractivity contribution >= 4 is 23.6 Å². The van der Waals surface area contributed by atoms with Crippen LogP contribution in [0.15, 0.2) is 59.5 Å². The highest BCUT2D eigenvalue weighted by Crippen LogP contribution is 2.28. The minimum absolute atomic E-state index is 0.0630. The van der Waals surface area contributed by atoms with Crippen LogP contribution in [0.4, 0.5) is 0 Å². The molecular weight excluding hydrogens is 372 g/mol. The number of carboxylic acid groups (broad SMARTS) is 1. The van der Waals surface area contributed by atoms with Gasteiger partial charge < -0.3 is 10.0 Å². The molecule has 1 fully saturated rings. The third-order valence-electron chi connectivity index (χ3n) is 5.20. The van der Waals surface area contributed by atoms with Gasteiger partial charge in [0.25, 0.3) is 5.91 Å². The molecule has 0 radical (unpaired) electrons. The Hall–Kier alpha value is -2.31.